The van der Waals surface area contributed by atoms with Crippen LogP contribution in [0, 0.1) is 0 Å². The minimum absolute atomic E-state index is 0.110. The van der Waals surface area contributed by atoms with Gasteiger partial charge in [-0.3, -0.25) is 4.98 Å². The smallest absolute Gasteiger partial charge is 0.369 e. The van der Waals surface area contributed by atoms with Crippen LogP contribution in [0.25, 0.3) is 21.3 Å². The number of guanidine groups is 1. The van der Waals surface area contributed by atoms with Gasteiger partial charge >= 0.3 is 6.18 Å². The number of thiophene rings is 1. The summed E-state index contributed by atoms with van der Waals surface area (Å²) in [5, 5.41) is 1.08. The molecule has 8 nitrogen and oxygen atoms in total. The van der Waals surface area contributed by atoms with E-state index in [9.17, 15) is 21.6 Å². The molecule has 2 aliphatic rings. The Morgan fingerprint density at radius 1 is 1.22 bits per heavy atom. The number of rotatable bonds is 3. The summed E-state index contributed by atoms with van der Waals surface area (Å²) >= 11 is 8.04. The van der Waals surface area contributed by atoms with Gasteiger partial charge in [0.15, 0.2) is 0 Å². The van der Waals surface area contributed by atoms with E-state index in [0.29, 0.717) is 26.5 Å². The zero-order chi connectivity index (χ0) is 26.0. The maximum atomic E-state index is 13.0. The molecule has 36 heavy (non-hydrogen) atoms. The molecule has 3 atom stereocenters. The Morgan fingerprint density at radius 2 is 1.92 bits per heavy atom. The van der Waals surface area contributed by atoms with Crippen molar-refractivity contribution in [2.24, 2.45) is 10.7 Å². The fraction of sp³-hybridized carbons (Fsp3) is 0.364. The molecule has 0 aliphatic carbocycles. The monoisotopic (exact) mass is 558 g/mol. The number of nitrogens with two attached hydrogens (primary N) is 1. The Labute approximate surface area is 214 Å². The van der Waals surface area contributed by atoms with Gasteiger partial charge < -0.3 is 5.73 Å². The molecule has 2 aliphatic heterocycles. The van der Waals surface area contributed by atoms with E-state index in [1.165, 1.54) is 18.4 Å². The van der Waals surface area contributed by atoms with E-state index >= 15 is 0 Å². The lowest BCUT2D eigenvalue weighted by Gasteiger charge is -2.33. The Balaban J connectivity index is 1.51. The predicted octanol–water partition coefficient (Wildman–Crippen LogP) is 3.89. The average molecular weight is 559 g/mol. The van der Waals surface area contributed by atoms with E-state index in [1.54, 1.807) is 43.5 Å². The van der Waals surface area contributed by atoms with Crippen molar-refractivity contribution in [2.75, 3.05) is 12.8 Å². The summed E-state index contributed by atoms with van der Waals surface area (Å²) in [5.74, 6) is -0.406. The second-order valence-corrected chi connectivity index (χ2v) is 12.4. The summed E-state index contributed by atoms with van der Waals surface area (Å²) in [7, 11) is -2.33. The number of nitrogens with one attached hydrogen (secondary N) is 2. The van der Waals surface area contributed by atoms with Crippen LogP contribution in [0.15, 0.2) is 41.5 Å². The number of aliphatic imine (C=N–C) groups is 1. The highest BCUT2D eigenvalue weighted by Crippen LogP contribution is 2.47. The maximum Gasteiger partial charge on any atom is 0.405 e. The lowest BCUT2D eigenvalue weighted by Crippen LogP contribution is -2.50. The SMILES string of the molecule is CN1C(N)=N[C@](C)(c2sc3c(-c4ccc(C5CC(C(F)(F)F)NN5)cc4)nccc3c2Cl)CS1(=O)=O. The van der Waals surface area contributed by atoms with Crippen LogP contribution in [0.4, 0.5) is 13.2 Å². The number of benzene rings is 1. The van der Waals surface area contributed by atoms with Gasteiger partial charge in [-0.2, -0.15) is 13.2 Å². The second-order valence-electron chi connectivity index (χ2n) is 9.04. The molecule has 5 rings (SSSR count). The van der Waals surface area contributed by atoms with E-state index < -0.39 is 33.8 Å². The number of hydrazine groups is 1. The summed E-state index contributed by atoms with van der Waals surface area (Å²) in [6.45, 7) is 1.68. The molecule has 0 amide bonds. The largest absolute Gasteiger partial charge is 0.405 e. The number of hydrogen-bond donors (Lipinski definition) is 3. The molecule has 14 heteroatoms. The van der Waals surface area contributed by atoms with Crippen LogP contribution in [-0.2, 0) is 15.6 Å². The lowest BCUT2D eigenvalue weighted by molar-refractivity contribution is -0.153. The molecule has 3 aromatic rings. The van der Waals surface area contributed by atoms with Gasteiger partial charge in [0.05, 0.1) is 26.0 Å². The number of nitrogens with zero attached hydrogens (tertiary/aromatic N) is 3. The number of alkyl halides is 3. The highest BCUT2D eigenvalue weighted by molar-refractivity contribution is 7.89. The fourth-order valence-electron chi connectivity index (χ4n) is 4.47. The first-order valence-electron chi connectivity index (χ1n) is 10.9. The van der Waals surface area contributed by atoms with Gasteiger partial charge in [0.25, 0.3) is 0 Å². The Bertz CT molecular complexity index is 1480. The van der Waals surface area contributed by atoms with Crippen LogP contribution in [0.1, 0.15) is 29.8 Å². The molecule has 2 unspecified atom stereocenters. The molecule has 1 fully saturated rings. The number of fused-ring (bicyclic) bond motifs is 1. The van der Waals surface area contributed by atoms with Crippen LogP contribution >= 0.6 is 22.9 Å². The Hall–Kier alpha value is -2.45. The van der Waals surface area contributed by atoms with E-state index in [2.05, 4.69) is 20.8 Å². The lowest BCUT2D eigenvalue weighted by atomic mass is 9.99. The first kappa shape index (κ1) is 25.2. The Morgan fingerprint density at radius 3 is 2.53 bits per heavy atom. The molecule has 0 saturated carbocycles. The van der Waals surface area contributed by atoms with Crippen molar-refractivity contribution in [2.45, 2.75) is 37.1 Å². The van der Waals surface area contributed by atoms with E-state index in [-0.39, 0.29) is 18.1 Å². The van der Waals surface area contributed by atoms with E-state index in [0.717, 1.165) is 14.6 Å². The maximum absolute atomic E-state index is 13.0. The van der Waals surface area contributed by atoms with Crippen LogP contribution in [0.5, 0.6) is 0 Å². The van der Waals surface area contributed by atoms with Crippen molar-refractivity contribution < 1.29 is 21.6 Å². The summed E-state index contributed by atoms with van der Waals surface area (Å²) in [5.41, 5.74) is 11.8. The van der Waals surface area contributed by atoms with Crippen molar-refractivity contribution in [3.63, 3.8) is 0 Å². The number of halogens is 4. The van der Waals surface area contributed by atoms with Gasteiger partial charge in [-0.1, -0.05) is 35.9 Å². The van der Waals surface area contributed by atoms with Gasteiger partial charge in [-0.25, -0.2) is 28.6 Å². The molecule has 0 radical (unpaired) electrons. The first-order valence-corrected chi connectivity index (χ1v) is 13.7. The third-order valence-corrected chi connectivity index (χ3v) is 10.4. The summed E-state index contributed by atoms with van der Waals surface area (Å²) in [4.78, 5) is 9.53. The van der Waals surface area contributed by atoms with Gasteiger partial charge in [-0.05, 0) is 25.0 Å². The van der Waals surface area contributed by atoms with Crippen molar-refractivity contribution >= 4 is 49.0 Å². The number of hydrogen-bond acceptors (Lipinski definition) is 8. The number of aromatic nitrogens is 1. The third-order valence-electron chi connectivity index (χ3n) is 6.48. The molecule has 0 spiro atoms. The normalized spacial score (nSPS) is 26.4. The molecule has 2 aromatic heterocycles. The zero-order valence-electron chi connectivity index (χ0n) is 19.1. The van der Waals surface area contributed by atoms with Gasteiger partial charge in [0, 0.05) is 30.2 Å². The van der Waals surface area contributed by atoms with Crippen molar-refractivity contribution in [1.29, 1.82) is 0 Å². The summed E-state index contributed by atoms with van der Waals surface area (Å²) in [6.07, 6.45) is -2.83. The highest BCUT2D eigenvalue weighted by atomic mass is 35.5. The van der Waals surface area contributed by atoms with Gasteiger partial charge in [0.2, 0.25) is 16.0 Å². The number of pyridine rings is 1. The molecule has 4 heterocycles. The molecule has 1 saturated heterocycles. The molecular formula is C22H22ClF3N6O2S2. The number of sulfonamides is 1. The fourth-order valence-corrected chi connectivity index (χ4v) is 7.83. The summed E-state index contributed by atoms with van der Waals surface area (Å²) in [6, 6.07) is 6.79. The topological polar surface area (TPSA) is 113 Å². The molecule has 1 aromatic carbocycles. The molecule has 0 bridgehead atoms. The minimum Gasteiger partial charge on any atom is -0.369 e. The van der Waals surface area contributed by atoms with E-state index in [1.807, 2.05) is 0 Å². The van der Waals surface area contributed by atoms with Crippen molar-refractivity contribution in [3.05, 3.63) is 52.0 Å². The molecular weight excluding hydrogens is 537 g/mol. The summed E-state index contributed by atoms with van der Waals surface area (Å²) < 4.78 is 66.0. The van der Waals surface area contributed by atoms with Crippen molar-refractivity contribution in [3.8, 4) is 11.3 Å². The van der Waals surface area contributed by atoms with Crippen LogP contribution < -0.4 is 16.6 Å². The Kier molecular flexibility index (Phi) is 5.99. The third kappa shape index (κ3) is 4.22. The highest BCUT2D eigenvalue weighted by Gasteiger charge is 2.45. The second kappa shape index (κ2) is 8.55. The van der Waals surface area contributed by atoms with Crippen LogP contribution in [-0.4, -0.2) is 48.7 Å². The first-order chi connectivity index (χ1) is 16.8. The average Bonchev–Trinajstić information content (AvgIpc) is 3.43. The quantitative estimate of drug-likeness (QED) is 0.449. The zero-order valence-corrected chi connectivity index (χ0v) is 21.5. The standard InChI is InChI=1S/C22H22ClF3N6O2S2/c1-21(10-36(33,34)32(2)20(27)29-21)19-16(23)13-7-8-28-17(18(13)35-19)12-5-3-11(4-6-12)14-9-15(31-30-14)22(24,25)26/h3-8,14-15,30-31H,9-10H2,1-2H3,(H2,27,29)/t14?,15?,21-/m0/s1. The minimum atomic E-state index is -4.32. The molecule has 192 valence electrons. The van der Waals surface area contributed by atoms with Gasteiger partial charge in [-0.15, -0.1) is 11.3 Å². The van der Waals surface area contributed by atoms with Crippen LogP contribution in [0.3, 0.4) is 0 Å². The molecule has 4 N–H and O–H groups in total. The van der Waals surface area contributed by atoms with Crippen LogP contribution in [0.2, 0.25) is 5.02 Å². The predicted molar refractivity (Wildman–Crippen MR) is 134 cm³/mol. The van der Waals surface area contributed by atoms with Crippen molar-refractivity contribution in [1.82, 2.24) is 20.1 Å². The van der Waals surface area contributed by atoms with E-state index in [4.69, 9.17) is 17.3 Å². The van der Waals surface area contributed by atoms with Gasteiger partial charge in [0.1, 0.15) is 11.6 Å².